The van der Waals surface area contributed by atoms with Gasteiger partial charge >= 0.3 is 0 Å². The number of benzene rings is 8. The molecule has 3 heterocycles. The van der Waals surface area contributed by atoms with Crippen LogP contribution in [0.1, 0.15) is 38.3 Å². The van der Waals surface area contributed by atoms with Gasteiger partial charge < -0.3 is 8.83 Å². The number of rotatable bonds is 3. The molecule has 4 heteroatoms. The normalized spacial score (nSPS) is 16.0. The summed E-state index contributed by atoms with van der Waals surface area (Å²) < 4.78 is 13.1. The Bertz CT molecular complexity index is 3710. The van der Waals surface area contributed by atoms with E-state index in [0.717, 1.165) is 94.5 Å². The molecular formula is C56H38N2O2. The van der Waals surface area contributed by atoms with Crippen molar-refractivity contribution in [2.24, 2.45) is 5.92 Å². The minimum absolute atomic E-state index is 0.0133. The molecule has 2 aliphatic rings. The fourth-order valence-electron chi connectivity index (χ4n) is 10.4. The number of aromatic nitrogens is 2. The van der Waals surface area contributed by atoms with E-state index in [-0.39, 0.29) is 5.41 Å². The van der Waals surface area contributed by atoms with Gasteiger partial charge in [-0.1, -0.05) is 129 Å². The lowest BCUT2D eigenvalue weighted by Crippen LogP contribution is -2.19. The third-order valence-electron chi connectivity index (χ3n) is 13.5. The highest BCUT2D eigenvalue weighted by Crippen LogP contribution is 2.52. The predicted octanol–water partition coefficient (Wildman–Crippen LogP) is 15.4. The van der Waals surface area contributed by atoms with Gasteiger partial charge in [-0.05, 0) is 111 Å². The summed E-state index contributed by atoms with van der Waals surface area (Å²) in [6, 6.07) is 49.9. The van der Waals surface area contributed by atoms with E-state index in [4.69, 9.17) is 18.8 Å². The topological polar surface area (TPSA) is 52.1 Å². The summed E-state index contributed by atoms with van der Waals surface area (Å²) in [6.07, 6.45) is 7.74. The summed E-state index contributed by atoms with van der Waals surface area (Å²) in [5.41, 5.74) is 17.5. The van der Waals surface area contributed by atoms with E-state index in [1.807, 2.05) is 6.20 Å². The number of allylic oxidation sites excluding steroid dienone is 4. The first-order valence-corrected chi connectivity index (χ1v) is 20.9. The summed E-state index contributed by atoms with van der Waals surface area (Å²) in [4.78, 5) is 10.3. The lowest BCUT2D eigenvalue weighted by atomic mass is 9.76. The van der Waals surface area contributed by atoms with E-state index >= 15 is 0 Å². The molecule has 0 N–H and O–H groups in total. The molecule has 0 bridgehead atoms. The number of hydrogen-bond acceptors (Lipinski definition) is 4. The molecule has 2 aliphatic carbocycles. The van der Waals surface area contributed by atoms with Gasteiger partial charge in [-0.25, -0.2) is 4.98 Å². The second-order valence-electron chi connectivity index (χ2n) is 17.4. The SMILES string of the molecule is CC1C=CC2=C(C1)C(C)(C)c1cc(-c3ccc4oc5cc6c(cc5c4c3)oc3ccc(-c4cccc(-c5cnc7c8ccccc8c8ccccc8c7n5)c4)cc36)ccc12. The van der Waals surface area contributed by atoms with Crippen molar-refractivity contribution in [3.8, 4) is 33.5 Å². The fourth-order valence-corrected chi connectivity index (χ4v) is 10.4. The van der Waals surface area contributed by atoms with E-state index in [1.54, 1.807) is 5.57 Å². The molecule has 0 saturated heterocycles. The smallest absolute Gasteiger partial charge is 0.136 e. The van der Waals surface area contributed by atoms with Crippen LogP contribution in [-0.4, -0.2) is 9.97 Å². The van der Waals surface area contributed by atoms with Crippen molar-refractivity contribution in [3.05, 3.63) is 175 Å². The Kier molecular flexibility index (Phi) is 6.80. The van der Waals surface area contributed by atoms with E-state index in [9.17, 15) is 0 Å². The van der Waals surface area contributed by atoms with Gasteiger partial charge in [-0.15, -0.1) is 0 Å². The van der Waals surface area contributed by atoms with Gasteiger partial charge in [0.2, 0.25) is 0 Å². The zero-order valence-corrected chi connectivity index (χ0v) is 33.5. The molecule has 11 aromatic rings. The summed E-state index contributed by atoms with van der Waals surface area (Å²) in [5, 5.41) is 8.85. The second-order valence-corrected chi connectivity index (χ2v) is 17.4. The van der Waals surface area contributed by atoms with Crippen LogP contribution in [0.5, 0.6) is 0 Å². The van der Waals surface area contributed by atoms with Gasteiger partial charge in [0.25, 0.3) is 0 Å². The van der Waals surface area contributed by atoms with Crippen LogP contribution >= 0.6 is 0 Å². The van der Waals surface area contributed by atoms with Gasteiger partial charge in [0, 0.05) is 43.3 Å². The Morgan fingerprint density at radius 1 is 0.517 bits per heavy atom. The van der Waals surface area contributed by atoms with E-state index < -0.39 is 0 Å². The monoisotopic (exact) mass is 770 g/mol. The Morgan fingerprint density at radius 3 is 1.77 bits per heavy atom. The van der Waals surface area contributed by atoms with Gasteiger partial charge in [-0.3, -0.25) is 4.98 Å². The maximum atomic E-state index is 6.54. The van der Waals surface area contributed by atoms with Crippen molar-refractivity contribution in [1.82, 2.24) is 9.97 Å². The molecule has 284 valence electrons. The summed E-state index contributed by atoms with van der Waals surface area (Å²) >= 11 is 0. The van der Waals surface area contributed by atoms with Gasteiger partial charge in [0.15, 0.2) is 0 Å². The Hall–Kier alpha value is -7.30. The van der Waals surface area contributed by atoms with Crippen molar-refractivity contribution >= 4 is 82.0 Å². The number of furan rings is 2. The number of hydrogen-bond donors (Lipinski definition) is 0. The maximum Gasteiger partial charge on any atom is 0.136 e. The molecule has 0 saturated carbocycles. The molecule has 0 fully saturated rings. The van der Waals surface area contributed by atoms with Crippen LogP contribution in [0.4, 0.5) is 0 Å². The molecule has 8 aromatic carbocycles. The van der Waals surface area contributed by atoms with Crippen molar-refractivity contribution < 1.29 is 8.83 Å². The largest absolute Gasteiger partial charge is 0.456 e. The van der Waals surface area contributed by atoms with Crippen LogP contribution in [-0.2, 0) is 5.41 Å². The maximum absolute atomic E-state index is 6.54. The van der Waals surface area contributed by atoms with Crippen molar-refractivity contribution in [2.75, 3.05) is 0 Å². The highest BCUT2D eigenvalue weighted by molar-refractivity contribution is 6.23. The summed E-state index contributed by atoms with van der Waals surface area (Å²) in [5.74, 6) is 0.576. The van der Waals surface area contributed by atoms with Gasteiger partial charge in [0.05, 0.1) is 22.9 Å². The second kappa shape index (κ2) is 12.1. The average molecular weight is 771 g/mol. The van der Waals surface area contributed by atoms with E-state index in [2.05, 4.69) is 172 Å². The molecular weight excluding hydrogens is 733 g/mol. The lowest BCUT2D eigenvalue weighted by Gasteiger charge is -2.28. The van der Waals surface area contributed by atoms with Crippen LogP contribution in [0.3, 0.4) is 0 Å². The first-order chi connectivity index (χ1) is 29.4. The van der Waals surface area contributed by atoms with Crippen molar-refractivity contribution in [1.29, 1.82) is 0 Å². The Morgan fingerprint density at radius 2 is 1.08 bits per heavy atom. The summed E-state index contributed by atoms with van der Waals surface area (Å²) in [7, 11) is 0. The Labute approximate surface area is 346 Å². The summed E-state index contributed by atoms with van der Waals surface area (Å²) in [6.45, 7) is 7.09. The Balaban J connectivity index is 0.872. The van der Waals surface area contributed by atoms with Crippen molar-refractivity contribution in [2.45, 2.75) is 32.6 Å². The van der Waals surface area contributed by atoms with E-state index in [0.29, 0.717) is 5.92 Å². The van der Waals surface area contributed by atoms with E-state index in [1.165, 1.54) is 38.6 Å². The highest BCUT2D eigenvalue weighted by atomic mass is 16.3. The molecule has 60 heavy (non-hydrogen) atoms. The molecule has 1 unspecified atom stereocenters. The van der Waals surface area contributed by atoms with Crippen LogP contribution in [0.25, 0.3) is 116 Å². The quantitative estimate of drug-likeness (QED) is 0.168. The minimum atomic E-state index is 0.0133. The highest BCUT2D eigenvalue weighted by Gasteiger charge is 2.38. The van der Waals surface area contributed by atoms with Crippen LogP contribution < -0.4 is 0 Å². The first-order valence-electron chi connectivity index (χ1n) is 20.9. The predicted molar refractivity (Wildman–Crippen MR) is 248 cm³/mol. The zero-order valence-electron chi connectivity index (χ0n) is 33.5. The molecule has 0 aliphatic heterocycles. The molecule has 0 amide bonds. The number of fused-ring (bicyclic) bond motifs is 14. The van der Waals surface area contributed by atoms with Crippen LogP contribution in [0.2, 0.25) is 0 Å². The van der Waals surface area contributed by atoms with Crippen LogP contribution in [0.15, 0.2) is 172 Å². The lowest BCUT2D eigenvalue weighted by molar-refractivity contribution is 0.566. The average Bonchev–Trinajstić information content (AvgIpc) is 3.91. The standard InChI is InChI=1S/C56H38N2O2/c1-31-15-19-39-40-20-16-35(27-48(40)56(2,3)47(39)23-31)34-18-22-51-44(26-34)46-29-52-45(28-53(46)60-51)43-25-33(17-21-50(43)59-52)32-9-8-10-36(24-32)49-30-57-54-41-13-6-4-11-37(41)38-12-5-7-14-42(38)55(54)58-49/h4-22,24-31H,23H2,1-3H3. The van der Waals surface area contributed by atoms with Crippen LogP contribution in [0, 0.1) is 5.92 Å². The first kappa shape index (κ1) is 33.6. The minimum Gasteiger partial charge on any atom is -0.456 e. The molecule has 4 nitrogen and oxygen atoms in total. The zero-order chi connectivity index (χ0) is 39.9. The molecule has 13 rings (SSSR count). The molecule has 1 atom stereocenters. The fraction of sp³-hybridized carbons (Fsp3) is 0.107. The van der Waals surface area contributed by atoms with Crippen molar-refractivity contribution in [3.63, 3.8) is 0 Å². The third-order valence-corrected chi connectivity index (χ3v) is 13.5. The third kappa shape index (κ3) is 4.79. The van der Waals surface area contributed by atoms with Gasteiger partial charge in [0.1, 0.15) is 22.3 Å². The molecule has 0 radical (unpaired) electrons. The molecule has 3 aromatic heterocycles. The molecule has 0 spiro atoms. The van der Waals surface area contributed by atoms with Gasteiger partial charge in [-0.2, -0.15) is 0 Å². The number of nitrogens with zero attached hydrogens (tertiary/aromatic N) is 2.